The molecular formula is C19H26N6O4S2Si. The molecule has 0 aliphatic heterocycles. The van der Waals surface area contributed by atoms with Crippen LogP contribution < -0.4 is 5.56 Å². The van der Waals surface area contributed by atoms with E-state index in [1.54, 1.807) is 22.5 Å². The van der Waals surface area contributed by atoms with E-state index >= 15 is 0 Å². The number of thiazole rings is 1. The van der Waals surface area contributed by atoms with E-state index in [9.17, 15) is 13.2 Å². The van der Waals surface area contributed by atoms with Crippen LogP contribution in [0, 0.1) is 0 Å². The maximum atomic E-state index is 13.1. The van der Waals surface area contributed by atoms with Gasteiger partial charge in [-0.15, -0.1) is 11.3 Å². The standard InChI is InChI=1S/C19H26N6O4S2Si/c1-23-15-14(16-17(23)21-19(30-16)31(2,27)28)10-20-25(18(15)26)11-13-6-7-24(22-13)12-29-8-9-32(3,4)5/h6-7,10H,8-9,11-12H2,1-5H3. The number of nitrogens with zero attached hydrogens (tertiary/aromatic N) is 6. The van der Waals surface area contributed by atoms with E-state index in [2.05, 4.69) is 34.8 Å². The van der Waals surface area contributed by atoms with Gasteiger partial charge in [0.25, 0.3) is 5.56 Å². The van der Waals surface area contributed by atoms with Crippen LogP contribution in [0.4, 0.5) is 0 Å². The Hall–Kier alpha value is -2.35. The van der Waals surface area contributed by atoms with Crippen LogP contribution >= 0.6 is 11.3 Å². The highest BCUT2D eigenvalue weighted by Gasteiger charge is 2.22. The van der Waals surface area contributed by atoms with Crippen LogP contribution in [0.3, 0.4) is 0 Å². The molecule has 0 fully saturated rings. The molecule has 0 aromatic carbocycles. The molecule has 0 bridgehead atoms. The third-order valence-corrected chi connectivity index (χ3v) is 9.51. The minimum absolute atomic E-state index is 0.0294. The Balaban J connectivity index is 1.56. The summed E-state index contributed by atoms with van der Waals surface area (Å²) in [6.07, 6.45) is 4.52. The molecule has 0 aliphatic carbocycles. The van der Waals surface area contributed by atoms with E-state index < -0.39 is 17.9 Å². The van der Waals surface area contributed by atoms with Crippen LogP contribution in [0.25, 0.3) is 21.3 Å². The fraction of sp³-hybridized carbons (Fsp3) is 0.474. The van der Waals surface area contributed by atoms with E-state index in [4.69, 9.17) is 4.74 Å². The number of fused-ring (bicyclic) bond motifs is 3. The molecule has 0 unspecified atom stereocenters. The van der Waals surface area contributed by atoms with Gasteiger partial charge in [-0.05, 0) is 12.1 Å². The maximum Gasteiger partial charge on any atom is 0.291 e. The number of aromatic nitrogens is 6. The second-order valence-electron chi connectivity index (χ2n) is 9.03. The van der Waals surface area contributed by atoms with Gasteiger partial charge in [-0.2, -0.15) is 10.2 Å². The van der Waals surface area contributed by atoms with E-state index in [0.29, 0.717) is 40.3 Å². The first-order valence-corrected chi connectivity index (χ1v) is 16.5. The van der Waals surface area contributed by atoms with Crippen molar-refractivity contribution in [2.45, 2.75) is 43.3 Å². The molecule has 4 rings (SSSR count). The highest BCUT2D eigenvalue weighted by Crippen LogP contribution is 2.32. The molecule has 32 heavy (non-hydrogen) atoms. The summed E-state index contributed by atoms with van der Waals surface area (Å²) in [7, 11) is -2.85. The zero-order valence-electron chi connectivity index (χ0n) is 18.7. The molecule has 0 aliphatic rings. The minimum atomic E-state index is -3.42. The van der Waals surface area contributed by atoms with Crippen LogP contribution in [0.1, 0.15) is 5.69 Å². The third kappa shape index (κ3) is 4.56. The molecule has 0 spiro atoms. The lowest BCUT2D eigenvalue weighted by Crippen LogP contribution is -2.25. The molecule has 0 saturated carbocycles. The number of rotatable bonds is 8. The molecule has 13 heteroatoms. The van der Waals surface area contributed by atoms with Crippen molar-refractivity contribution < 1.29 is 13.2 Å². The molecule has 4 aromatic heterocycles. The Morgan fingerprint density at radius 2 is 2.00 bits per heavy atom. The summed E-state index contributed by atoms with van der Waals surface area (Å²) in [5.74, 6) is 0. The fourth-order valence-electron chi connectivity index (χ4n) is 3.29. The molecule has 0 saturated heterocycles. The van der Waals surface area contributed by atoms with Crippen molar-refractivity contribution in [1.29, 1.82) is 0 Å². The second-order valence-corrected chi connectivity index (χ2v) is 17.8. The molecule has 10 nitrogen and oxygen atoms in total. The topological polar surface area (TPSA) is 114 Å². The lowest BCUT2D eigenvalue weighted by molar-refractivity contribution is 0.0782. The van der Waals surface area contributed by atoms with Crippen molar-refractivity contribution in [3.05, 3.63) is 34.5 Å². The lowest BCUT2D eigenvalue weighted by Gasteiger charge is -2.15. The first-order valence-electron chi connectivity index (χ1n) is 10.1. The van der Waals surface area contributed by atoms with Gasteiger partial charge in [0.05, 0.1) is 23.1 Å². The van der Waals surface area contributed by atoms with Gasteiger partial charge in [0.2, 0.25) is 14.2 Å². The molecule has 4 aromatic rings. The summed E-state index contributed by atoms with van der Waals surface area (Å²) in [6.45, 7) is 8.22. The zero-order valence-corrected chi connectivity index (χ0v) is 21.3. The monoisotopic (exact) mass is 494 g/mol. The van der Waals surface area contributed by atoms with Gasteiger partial charge in [0.1, 0.15) is 12.2 Å². The lowest BCUT2D eigenvalue weighted by atomic mass is 10.3. The molecule has 172 valence electrons. The molecule has 0 atom stereocenters. The van der Waals surface area contributed by atoms with E-state index in [1.807, 2.05) is 12.3 Å². The molecule has 0 amide bonds. The summed E-state index contributed by atoms with van der Waals surface area (Å²) >= 11 is 1.05. The fourth-order valence-corrected chi connectivity index (χ4v) is 6.00. The number of aryl methyl sites for hydroxylation is 1. The van der Waals surface area contributed by atoms with Crippen LogP contribution in [0.5, 0.6) is 0 Å². The number of hydrogen-bond donors (Lipinski definition) is 0. The maximum absolute atomic E-state index is 13.1. The minimum Gasteiger partial charge on any atom is -0.360 e. The number of sulfone groups is 1. The van der Waals surface area contributed by atoms with Crippen molar-refractivity contribution in [2.24, 2.45) is 7.05 Å². The van der Waals surface area contributed by atoms with E-state index in [-0.39, 0.29) is 16.4 Å². The van der Waals surface area contributed by atoms with Crippen molar-refractivity contribution in [1.82, 2.24) is 29.1 Å². The van der Waals surface area contributed by atoms with Crippen LogP contribution in [0.15, 0.2) is 27.6 Å². The molecule has 0 radical (unpaired) electrons. The van der Waals surface area contributed by atoms with Gasteiger partial charge in [0.15, 0.2) is 5.65 Å². The molecule has 4 heterocycles. The predicted octanol–water partition coefficient (Wildman–Crippen LogP) is 2.31. The highest BCUT2D eigenvalue weighted by atomic mass is 32.2. The van der Waals surface area contributed by atoms with Gasteiger partial charge in [-0.25, -0.2) is 22.8 Å². The van der Waals surface area contributed by atoms with E-state index in [1.165, 1.54) is 4.68 Å². The SMILES string of the molecule is Cn1c2nc(S(C)(=O)=O)sc2c2cnn(Cc3ccn(COCC[Si](C)(C)C)n3)c(=O)c21. The Morgan fingerprint density at radius 3 is 2.69 bits per heavy atom. The first-order chi connectivity index (χ1) is 14.9. The molecule has 0 N–H and O–H groups in total. The van der Waals surface area contributed by atoms with Crippen LogP contribution in [0.2, 0.25) is 25.7 Å². The quantitative estimate of drug-likeness (QED) is 0.273. The molecular weight excluding hydrogens is 468 g/mol. The third-order valence-electron chi connectivity index (χ3n) is 5.05. The van der Waals surface area contributed by atoms with Gasteiger partial charge < -0.3 is 9.30 Å². The van der Waals surface area contributed by atoms with Gasteiger partial charge in [-0.1, -0.05) is 19.6 Å². The van der Waals surface area contributed by atoms with Gasteiger partial charge >= 0.3 is 0 Å². The highest BCUT2D eigenvalue weighted by molar-refractivity contribution is 7.92. The average Bonchev–Trinajstić information content (AvgIpc) is 3.37. The Morgan fingerprint density at radius 1 is 1.25 bits per heavy atom. The van der Waals surface area contributed by atoms with Crippen molar-refractivity contribution in [3.63, 3.8) is 0 Å². The van der Waals surface area contributed by atoms with Crippen molar-refractivity contribution >= 4 is 50.5 Å². The Labute approximate surface area is 190 Å². The summed E-state index contributed by atoms with van der Waals surface area (Å²) in [4.78, 5) is 17.3. The first kappa shape index (κ1) is 22.8. The average molecular weight is 495 g/mol. The van der Waals surface area contributed by atoms with Gasteiger partial charge in [0, 0.05) is 39.6 Å². The Bertz CT molecular complexity index is 1460. The summed E-state index contributed by atoms with van der Waals surface area (Å²) in [5, 5.41) is 9.36. The van der Waals surface area contributed by atoms with E-state index in [0.717, 1.165) is 23.6 Å². The largest absolute Gasteiger partial charge is 0.360 e. The Kier molecular flexibility index (Phi) is 5.86. The number of ether oxygens (including phenoxy) is 1. The normalized spacial score (nSPS) is 12.9. The van der Waals surface area contributed by atoms with Crippen LogP contribution in [-0.2, 0) is 34.9 Å². The zero-order chi connectivity index (χ0) is 23.3. The smallest absolute Gasteiger partial charge is 0.291 e. The van der Waals surface area contributed by atoms with Crippen molar-refractivity contribution in [3.8, 4) is 0 Å². The predicted molar refractivity (Wildman–Crippen MR) is 127 cm³/mol. The van der Waals surface area contributed by atoms with Crippen molar-refractivity contribution in [2.75, 3.05) is 12.9 Å². The second kappa shape index (κ2) is 8.21. The summed E-state index contributed by atoms with van der Waals surface area (Å²) < 4.78 is 34.7. The van der Waals surface area contributed by atoms with Crippen LogP contribution in [-0.4, -0.2) is 58.5 Å². The number of hydrogen-bond acceptors (Lipinski definition) is 8. The van der Waals surface area contributed by atoms with Gasteiger partial charge in [-0.3, -0.25) is 4.79 Å². The summed E-state index contributed by atoms with van der Waals surface area (Å²) in [5.41, 5.74) is 1.31. The summed E-state index contributed by atoms with van der Waals surface area (Å²) in [6, 6.07) is 2.93.